The third-order valence-electron chi connectivity index (χ3n) is 7.24. The second kappa shape index (κ2) is 10.9. The van der Waals surface area contributed by atoms with E-state index >= 15 is 0 Å². The minimum absolute atomic E-state index is 0.0130. The van der Waals surface area contributed by atoms with Gasteiger partial charge in [0.25, 0.3) is 11.8 Å². The van der Waals surface area contributed by atoms with Crippen molar-refractivity contribution in [2.75, 3.05) is 49.5 Å². The van der Waals surface area contributed by atoms with E-state index in [-0.39, 0.29) is 11.8 Å². The van der Waals surface area contributed by atoms with E-state index in [0.29, 0.717) is 22.7 Å². The Bertz CT molecular complexity index is 1200. The summed E-state index contributed by atoms with van der Waals surface area (Å²) in [5, 5.41) is 6.31. The summed E-state index contributed by atoms with van der Waals surface area (Å²) in [6.45, 7) is 7.08. The molecule has 2 aliphatic heterocycles. The first-order valence-electron chi connectivity index (χ1n) is 12.8. The van der Waals surface area contributed by atoms with E-state index in [1.807, 2.05) is 36.1 Å². The number of anilines is 2. The molecule has 0 bridgehead atoms. The highest BCUT2D eigenvalue weighted by atomic mass is 16.2. The Morgan fingerprint density at radius 2 is 1.64 bits per heavy atom. The summed E-state index contributed by atoms with van der Waals surface area (Å²) in [5.74, 6) is 1.16. The van der Waals surface area contributed by atoms with Crippen molar-refractivity contribution in [3.05, 3.63) is 89.1 Å². The highest BCUT2D eigenvalue weighted by Crippen LogP contribution is 2.29. The number of hydrogen-bond donors (Lipinski definition) is 2. The van der Waals surface area contributed by atoms with Crippen LogP contribution in [0.5, 0.6) is 0 Å². The number of piperazine rings is 1. The van der Waals surface area contributed by atoms with Crippen LogP contribution in [0.3, 0.4) is 0 Å². The molecule has 0 saturated carbocycles. The highest BCUT2D eigenvalue weighted by molar-refractivity contribution is 6.05. The van der Waals surface area contributed by atoms with Gasteiger partial charge in [-0.25, -0.2) is 4.98 Å². The Kier molecular flexibility index (Phi) is 7.28. The van der Waals surface area contributed by atoms with E-state index in [9.17, 15) is 9.59 Å². The first kappa shape index (κ1) is 24.0. The van der Waals surface area contributed by atoms with Crippen molar-refractivity contribution in [2.24, 2.45) is 0 Å². The van der Waals surface area contributed by atoms with Crippen molar-refractivity contribution in [3.8, 4) is 0 Å². The molecule has 7 heteroatoms. The van der Waals surface area contributed by atoms with Crippen LogP contribution < -0.4 is 15.5 Å². The molecule has 2 amide bonds. The molecule has 186 valence electrons. The molecule has 0 unspecified atom stereocenters. The molecule has 2 N–H and O–H groups in total. The Labute approximate surface area is 212 Å². The smallest absolute Gasteiger partial charge is 0.257 e. The number of aromatic nitrogens is 1. The predicted octanol–water partition coefficient (Wildman–Crippen LogP) is 4.07. The molecule has 0 atom stereocenters. The predicted molar refractivity (Wildman–Crippen MR) is 143 cm³/mol. The average Bonchev–Trinajstić information content (AvgIpc) is 2.95. The van der Waals surface area contributed by atoms with Gasteiger partial charge in [-0.15, -0.1) is 0 Å². The fraction of sp³-hybridized carbons (Fsp3) is 0.345. The number of nitrogens with zero attached hydrogens (tertiary/aromatic N) is 3. The summed E-state index contributed by atoms with van der Waals surface area (Å²) < 4.78 is 0. The van der Waals surface area contributed by atoms with Gasteiger partial charge in [-0.05, 0) is 61.1 Å². The number of pyridine rings is 1. The fourth-order valence-electron chi connectivity index (χ4n) is 5.01. The normalized spacial score (nSPS) is 16.6. The Balaban J connectivity index is 1.22. The number of carbonyl (C=O) groups is 2. The van der Waals surface area contributed by atoms with Crippen LogP contribution in [0.4, 0.5) is 11.5 Å². The number of hydrogen-bond acceptors (Lipinski definition) is 5. The van der Waals surface area contributed by atoms with Gasteiger partial charge in [0, 0.05) is 56.7 Å². The van der Waals surface area contributed by atoms with Crippen molar-refractivity contribution in [1.29, 1.82) is 0 Å². The topological polar surface area (TPSA) is 77.6 Å². The van der Waals surface area contributed by atoms with Crippen LogP contribution >= 0.6 is 0 Å². The van der Waals surface area contributed by atoms with Gasteiger partial charge in [-0.3, -0.25) is 9.59 Å². The summed E-state index contributed by atoms with van der Waals surface area (Å²) in [6, 6.07) is 19.8. The molecule has 0 aliphatic carbocycles. The van der Waals surface area contributed by atoms with Crippen molar-refractivity contribution < 1.29 is 9.59 Å². The van der Waals surface area contributed by atoms with E-state index in [0.717, 1.165) is 63.5 Å². The van der Waals surface area contributed by atoms with Gasteiger partial charge in [-0.2, -0.15) is 0 Å². The third-order valence-corrected chi connectivity index (χ3v) is 7.24. The molecule has 36 heavy (non-hydrogen) atoms. The number of amides is 2. The first-order chi connectivity index (χ1) is 17.6. The molecule has 2 aromatic carbocycles. The van der Waals surface area contributed by atoms with Crippen LogP contribution in [0.2, 0.25) is 0 Å². The van der Waals surface area contributed by atoms with Gasteiger partial charge < -0.3 is 20.4 Å². The number of piperidine rings is 1. The van der Waals surface area contributed by atoms with Crippen LogP contribution in [0.1, 0.15) is 50.6 Å². The molecule has 0 spiro atoms. The molecule has 7 nitrogen and oxygen atoms in total. The number of benzene rings is 2. The minimum Gasteiger partial charge on any atom is -0.354 e. The number of carbonyl (C=O) groups excluding carboxylic acids is 2. The van der Waals surface area contributed by atoms with Crippen molar-refractivity contribution >= 4 is 23.3 Å². The van der Waals surface area contributed by atoms with Gasteiger partial charge >= 0.3 is 0 Å². The molecule has 3 aromatic rings. The molecule has 5 rings (SSSR count). The monoisotopic (exact) mass is 483 g/mol. The van der Waals surface area contributed by atoms with Crippen molar-refractivity contribution in [3.63, 3.8) is 0 Å². The largest absolute Gasteiger partial charge is 0.354 e. The molecular weight excluding hydrogens is 450 g/mol. The Morgan fingerprint density at radius 1 is 0.917 bits per heavy atom. The van der Waals surface area contributed by atoms with Crippen LogP contribution in [0, 0.1) is 6.92 Å². The van der Waals surface area contributed by atoms with Gasteiger partial charge in [0.2, 0.25) is 0 Å². The van der Waals surface area contributed by atoms with E-state index in [2.05, 4.69) is 44.8 Å². The Morgan fingerprint density at radius 3 is 2.33 bits per heavy atom. The lowest BCUT2D eigenvalue weighted by Crippen LogP contribution is -2.43. The summed E-state index contributed by atoms with van der Waals surface area (Å²) in [6.07, 6.45) is 3.54. The standard InChI is InChI=1S/C29H33N5O2/c1-21-7-8-24(29(36)34-15-11-23(12-16-34)22-5-3-2-4-6-22)19-26(21)32-28(35)25-9-10-27(31-20-25)33-17-13-30-14-18-33/h2-10,19-20,23,30H,11-18H2,1H3,(H,32,35). The lowest BCUT2D eigenvalue weighted by atomic mass is 9.89. The van der Waals surface area contributed by atoms with Crippen LogP contribution in [0.15, 0.2) is 66.9 Å². The van der Waals surface area contributed by atoms with Crippen LogP contribution in [-0.4, -0.2) is 61.0 Å². The van der Waals surface area contributed by atoms with E-state index in [1.165, 1.54) is 5.56 Å². The average molecular weight is 484 g/mol. The van der Waals surface area contributed by atoms with Crippen molar-refractivity contribution in [1.82, 2.24) is 15.2 Å². The lowest BCUT2D eigenvalue weighted by Gasteiger charge is -2.32. The highest BCUT2D eigenvalue weighted by Gasteiger charge is 2.25. The molecule has 3 heterocycles. The maximum atomic E-state index is 13.2. The SMILES string of the molecule is Cc1ccc(C(=O)N2CCC(c3ccccc3)CC2)cc1NC(=O)c1ccc(N2CCNCC2)nc1. The van der Waals surface area contributed by atoms with E-state index in [4.69, 9.17) is 0 Å². The van der Waals surface area contributed by atoms with E-state index in [1.54, 1.807) is 18.3 Å². The zero-order valence-electron chi connectivity index (χ0n) is 20.7. The number of rotatable bonds is 5. The number of aryl methyl sites for hydroxylation is 1. The quantitative estimate of drug-likeness (QED) is 0.572. The zero-order valence-corrected chi connectivity index (χ0v) is 20.7. The third kappa shape index (κ3) is 5.41. The number of nitrogens with one attached hydrogen (secondary N) is 2. The first-order valence-corrected chi connectivity index (χ1v) is 12.8. The molecule has 2 fully saturated rings. The molecule has 0 radical (unpaired) electrons. The van der Waals surface area contributed by atoms with Gasteiger partial charge in [0.1, 0.15) is 5.82 Å². The molecule has 2 saturated heterocycles. The summed E-state index contributed by atoms with van der Waals surface area (Å²) in [5.41, 5.74) is 4.00. The van der Waals surface area contributed by atoms with Crippen molar-refractivity contribution in [2.45, 2.75) is 25.7 Å². The fourth-order valence-corrected chi connectivity index (χ4v) is 5.01. The van der Waals surface area contributed by atoms with Gasteiger partial charge in [0.05, 0.1) is 5.56 Å². The molecular formula is C29H33N5O2. The van der Waals surface area contributed by atoms with Gasteiger partial charge in [-0.1, -0.05) is 36.4 Å². The number of likely N-dealkylation sites (tertiary alicyclic amines) is 1. The molecule has 2 aliphatic rings. The second-order valence-electron chi connectivity index (χ2n) is 9.60. The van der Waals surface area contributed by atoms with Gasteiger partial charge in [0.15, 0.2) is 0 Å². The van der Waals surface area contributed by atoms with Crippen LogP contribution in [0.25, 0.3) is 0 Å². The maximum absolute atomic E-state index is 13.2. The molecule has 1 aromatic heterocycles. The van der Waals surface area contributed by atoms with E-state index < -0.39 is 0 Å². The zero-order chi connectivity index (χ0) is 24.9. The second-order valence-corrected chi connectivity index (χ2v) is 9.60. The summed E-state index contributed by atoms with van der Waals surface area (Å²) in [4.78, 5) is 34.8. The lowest BCUT2D eigenvalue weighted by molar-refractivity contribution is 0.0712. The summed E-state index contributed by atoms with van der Waals surface area (Å²) >= 11 is 0. The maximum Gasteiger partial charge on any atom is 0.257 e. The summed E-state index contributed by atoms with van der Waals surface area (Å²) in [7, 11) is 0. The Hall–Kier alpha value is -3.71. The minimum atomic E-state index is -0.231. The van der Waals surface area contributed by atoms with Crippen LogP contribution in [-0.2, 0) is 0 Å².